The zero-order chi connectivity index (χ0) is 14.3. The highest BCUT2D eigenvalue weighted by atomic mass is 35.7. The lowest BCUT2D eigenvalue weighted by Crippen LogP contribution is -2.61. The molecule has 0 bridgehead atoms. The van der Waals surface area contributed by atoms with Crippen molar-refractivity contribution < 1.29 is 39.5 Å². The van der Waals surface area contributed by atoms with E-state index in [0.29, 0.717) is 0 Å². The van der Waals surface area contributed by atoms with Crippen molar-refractivity contribution in [3.05, 3.63) is 0 Å². The van der Waals surface area contributed by atoms with E-state index in [1.165, 1.54) is 0 Å². The van der Waals surface area contributed by atoms with Crippen LogP contribution in [0.3, 0.4) is 0 Å². The molecule has 0 fully saturated rings. The maximum absolute atomic E-state index is 12.6. The number of hydrogen-bond donors (Lipinski definition) is 0. The Morgan fingerprint density at radius 3 is 1.29 bits per heavy atom. The van der Waals surface area contributed by atoms with E-state index in [1.54, 1.807) is 0 Å². The summed E-state index contributed by atoms with van der Waals surface area (Å²) in [5.74, 6) is -19.1. The molecule has 0 aromatic rings. The lowest BCUT2D eigenvalue weighted by molar-refractivity contribution is -0.393. The monoisotopic (exact) mass is 332 g/mol. The largest absolute Gasteiger partial charge is 0.460 e. The molecule has 0 aliphatic carbocycles. The standard InChI is InChI=1S/C5H3Cl2F9Si/c6-17(7)1-2(8,9)3(10,11)4(12,13)5(14,15)16/h17H,1H2. The lowest BCUT2D eigenvalue weighted by atomic mass is 10.1. The average molecular weight is 333 g/mol. The number of rotatable bonds is 4. The molecule has 0 nitrogen and oxygen atoms in total. The Bertz CT molecular complexity index is 273. The quantitative estimate of drug-likeness (QED) is 0.412. The van der Waals surface area contributed by atoms with E-state index in [1.807, 2.05) is 0 Å². The molecule has 0 aliphatic rings. The minimum absolute atomic E-state index is 2.10. The van der Waals surface area contributed by atoms with Gasteiger partial charge in [-0.25, -0.2) is 0 Å². The Hall–Kier alpha value is 0.167. The van der Waals surface area contributed by atoms with E-state index >= 15 is 0 Å². The predicted octanol–water partition coefficient (Wildman–Crippen LogP) is 4.15. The molecule has 0 spiro atoms. The first-order chi connectivity index (χ1) is 7.17. The van der Waals surface area contributed by atoms with Gasteiger partial charge in [0.2, 0.25) is 7.42 Å². The first kappa shape index (κ1) is 17.2. The number of alkyl halides is 9. The molecule has 0 unspecified atom stereocenters. The van der Waals surface area contributed by atoms with Gasteiger partial charge in [0.1, 0.15) is 0 Å². The SMILES string of the molecule is FC(F)(F)C(F)(F)C(F)(F)C(F)(F)C[SiH](Cl)Cl. The fourth-order valence-electron chi connectivity index (χ4n) is 0.730. The van der Waals surface area contributed by atoms with E-state index in [-0.39, 0.29) is 0 Å². The molecule has 0 saturated carbocycles. The van der Waals surface area contributed by atoms with Crippen LogP contribution < -0.4 is 0 Å². The average Bonchev–Trinajstić information content (AvgIpc) is 1.98. The summed E-state index contributed by atoms with van der Waals surface area (Å²) in [5.41, 5.74) is 0. The van der Waals surface area contributed by atoms with Crippen molar-refractivity contribution in [2.24, 2.45) is 0 Å². The van der Waals surface area contributed by atoms with Crippen LogP contribution in [-0.2, 0) is 0 Å². The third-order valence-corrected chi connectivity index (χ3v) is 3.37. The summed E-state index contributed by atoms with van der Waals surface area (Å²) in [6.45, 7) is 0. The molecular weight excluding hydrogens is 330 g/mol. The molecule has 12 heteroatoms. The second-order valence-electron chi connectivity index (χ2n) is 2.95. The fourth-order valence-corrected chi connectivity index (χ4v) is 2.54. The Balaban J connectivity index is 5.39. The van der Waals surface area contributed by atoms with Crippen molar-refractivity contribution in [2.75, 3.05) is 0 Å². The van der Waals surface area contributed by atoms with Crippen LogP contribution in [0, 0.1) is 0 Å². The first-order valence-electron chi connectivity index (χ1n) is 3.65. The molecule has 104 valence electrons. The summed E-state index contributed by atoms with van der Waals surface area (Å²) in [6.07, 6.45) is -6.81. The molecule has 0 N–H and O–H groups in total. The fraction of sp³-hybridized carbons (Fsp3) is 1.00. The van der Waals surface area contributed by atoms with E-state index in [4.69, 9.17) is 22.2 Å². The Morgan fingerprint density at radius 1 is 0.706 bits per heavy atom. The van der Waals surface area contributed by atoms with Crippen molar-refractivity contribution in [1.82, 2.24) is 0 Å². The van der Waals surface area contributed by atoms with Crippen molar-refractivity contribution >= 4 is 29.6 Å². The molecule has 0 saturated heterocycles. The highest BCUT2D eigenvalue weighted by Crippen LogP contribution is 2.54. The van der Waals surface area contributed by atoms with Gasteiger partial charge in [0.15, 0.2) is 0 Å². The van der Waals surface area contributed by atoms with E-state index < -0.39 is 37.4 Å². The Kier molecular flexibility index (Phi) is 4.73. The van der Waals surface area contributed by atoms with Crippen LogP contribution in [0.5, 0.6) is 0 Å². The third kappa shape index (κ3) is 3.14. The van der Waals surface area contributed by atoms with Gasteiger partial charge in [-0.3, -0.25) is 0 Å². The minimum atomic E-state index is -6.87. The van der Waals surface area contributed by atoms with Gasteiger partial charge >= 0.3 is 23.9 Å². The molecule has 0 aliphatic heterocycles. The molecular formula is C5H3Cl2F9Si. The van der Waals surface area contributed by atoms with Crippen LogP contribution in [0.2, 0.25) is 6.04 Å². The van der Waals surface area contributed by atoms with Crippen molar-refractivity contribution in [3.63, 3.8) is 0 Å². The third-order valence-electron chi connectivity index (χ3n) is 1.62. The summed E-state index contributed by atoms with van der Waals surface area (Å²) in [7, 11) is -3.51. The van der Waals surface area contributed by atoms with E-state index in [2.05, 4.69) is 0 Å². The van der Waals surface area contributed by atoms with Crippen molar-refractivity contribution in [1.29, 1.82) is 0 Å². The van der Waals surface area contributed by atoms with E-state index in [9.17, 15) is 39.5 Å². The maximum Gasteiger partial charge on any atom is 0.460 e. The van der Waals surface area contributed by atoms with Crippen LogP contribution in [0.25, 0.3) is 0 Å². The highest BCUT2D eigenvalue weighted by molar-refractivity contribution is 7.33. The van der Waals surface area contributed by atoms with Crippen molar-refractivity contribution in [2.45, 2.75) is 30.0 Å². The smallest absolute Gasteiger partial charge is 0.200 e. The summed E-state index contributed by atoms with van der Waals surface area (Å²) < 4.78 is 109. The Labute approximate surface area is 99.7 Å². The van der Waals surface area contributed by atoms with Crippen molar-refractivity contribution in [3.8, 4) is 0 Å². The van der Waals surface area contributed by atoms with Gasteiger partial charge in [0, 0.05) is 6.04 Å². The van der Waals surface area contributed by atoms with E-state index in [0.717, 1.165) is 0 Å². The van der Waals surface area contributed by atoms with Crippen LogP contribution in [0.4, 0.5) is 39.5 Å². The zero-order valence-electron chi connectivity index (χ0n) is 7.44. The second-order valence-corrected chi connectivity index (χ2v) is 7.97. The summed E-state index contributed by atoms with van der Waals surface area (Å²) in [5, 5.41) is 0. The molecule has 0 rings (SSSR count). The van der Waals surface area contributed by atoms with Gasteiger partial charge < -0.3 is 0 Å². The molecule has 0 amide bonds. The number of hydrogen-bond acceptors (Lipinski definition) is 0. The van der Waals surface area contributed by atoms with Crippen LogP contribution in [0.1, 0.15) is 0 Å². The maximum atomic E-state index is 12.6. The molecule has 0 atom stereocenters. The van der Waals surface area contributed by atoms with Crippen LogP contribution in [-0.4, -0.2) is 31.4 Å². The first-order valence-corrected chi connectivity index (χ1v) is 7.96. The summed E-state index contributed by atoms with van der Waals surface area (Å²) in [4.78, 5) is 0. The topological polar surface area (TPSA) is 0 Å². The lowest BCUT2D eigenvalue weighted by Gasteiger charge is -2.33. The zero-order valence-corrected chi connectivity index (χ0v) is 10.1. The van der Waals surface area contributed by atoms with Gasteiger partial charge in [-0.2, -0.15) is 61.7 Å². The Morgan fingerprint density at radius 2 is 1.06 bits per heavy atom. The minimum Gasteiger partial charge on any atom is -0.200 e. The van der Waals surface area contributed by atoms with Gasteiger partial charge in [0.05, 0.1) is 0 Å². The highest BCUT2D eigenvalue weighted by Gasteiger charge is 2.81. The van der Waals surface area contributed by atoms with Gasteiger partial charge in [-0.15, -0.1) is 0 Å². The van der Waals surface area contributed by atoms with Gasteiger partial charge in [-0.05, 0) is 0 Å². The molecule has 17 heavy (non-hydrogen) atoms. The normalized spacial score (nSPS) is 15.5. The van der Waals surface area contributed by atoms with Gasteiger partial charge in [0.25, 0.3) is 0 Å². The predicted molar refractivity (Wildman–Crippen MR) is 44.6 cm³/mol. The molecule has 0 aromatic heterocycles. The molecule has 0 radical (unpaired) electrons. The number of halogens is 11. The van der Waals surface area contributed by atoms with Crippen LogP contribution in [0.15, 0.2) is 0 Å². The molecule has 0 aromatic carbocycles. The van der Waals surface area contributed by atoms with Crippen LogP contribution >= 0.6 is 22.2 Å². The summed E-state index contributed by atoms with van der Waals surface area (Å²) >= 11 is 9.60. The molecule has 0 heterocycles. The van der Waals surface area contributed by atoms with Gasteiger partial charge in [-0.1, -0.05) is 0 Å². The second kappa shape index (κ2) is 4.69. The summed E-state index contributed by atoms with van der Waals surface area (Å²) in [6, 6.07) is -2.10.